The molecule has 0 N–H and O–H groups in total. The number of carboxylic acids is 1. The molecule has 0 radical (unpaired) electrons. The van der Waals surface area contributed by atoms with Gasteiger partial charge >= 0.3 is 5.69 Å². The fourth-order valence-electron chi connectivity index (χ4n) is 3.79. The van der Waals surface area contributed by atoms with Gasteiger partial charge in [-0.2, -0.15) is 4.98 Å². The summed E-state index contributed by atoms with van der Waals surface area (Å²) in [6.07, 6.45) is 0. The molecule has 0 amide bonds. The van der Waals surface area contributed by atoms with Gasteiger partial charge in [-0.25, -0.2) is 4.79 Å². The Morgan fingerprint density at radius 2 is 2.04 bits per heavy atom. The van der Waals surface area contributed by atoms with E-state index >= 15 is 0 Å². The number of benzene rings is 1. The first kappa shape index (κ1) is 18.0. The van der Waals surface area contributed by atoms with Crippen molar-refractivity contribution in [2.75, 3.05) is 11.4 Å². The van der Waals surface area contributed by atoms with E-state index in [9.17, 15) is 19.5 Å². The van der Waals surface area contributed by atoms with Crippen LogP contribution in [-0.4, -0.2) is 31.2 Å². The number of anilines is 2. The summed E-state index contributed by atoms with van der Waals surface area (Å²) in [5.41, 5.74) is 1.12. The number of aryl methyl sites for hydroxylation is 2. The van der Waals surface area contributed by atoms with Crippen molar-refractivity contribution in [2.24, 2.45) is 13.0 Å². The molecule has 4 rings (SSSR count). The van der Waals surface area contributed by atoms with Gasteiger partial charge in [0.15, 0.2) is 11.2 Å². The Labute approximate surface area is 160 Å². The summed E-state index contributed by atoms with van der Waals surface area (Å²) >= 11 is 0. The van der Waals surface area contributed by atoms with Gasteiger partial charge in [-0.1, -0.05) is 19.1 Å². The van der Waals surface area contributed by atoms with Crippen LogP contribution in [-0.2, 0) is 24.9 Å². The molecule has 0 aliphatic carbocycles. The first-order chi connectivity index (χ1) is 13.3. The smallest absolute Gasteiger partial charge is 0.332 e. The fraction of sp³-hybridized carbons (Fsp3) is 0.368. The predicted molar refractivity (Wildman–Crippen MR) is 102 cm³/mol. The van der Waals surface area contributed by atoms with E-state index in [2.05, 4.69) is 11.9 Å². The van der Waals surface area contributed by atoms with Crippen LogP contribution >= 0.6 is 0 Å². The van der Waals surface area contributed by atoms with Crippen LogP contribution in [0.4, 0.5) is 11.6 Å². The van der Waals surface area contributed by atoms with E-state index in [1.54, 1.807) is 4.57 Å². The van der Waals surface area contributed by atoms with E-state index in [-0.39, 0.29) is 17.1 Å². The minimum Gasteiger partial charge on any atom is -0.548 e. The van der Waals surface area contributed by atoms with Crippen LogP contribution in [0.5, 0.6) is 0 Å². The predicted octanol–water partition coefficient (Wildman–Crippen LogP) is -0.257. The molecule has 1 aromatic carbocycles. The molecular weight excluding hydrogens is 362 g/mol. The Kier molecular flexibility index (Phi) is 4.10. The fourth-order valence-corrected chi connectivity index (χ4v) is 3.79. The number of carbonyl (C=O) groups excluding carboxylic acids is 1. The lowest BCUT2D eigenvalue weighted by atomic mass is 10.1. The number of hydrogen-bond donors (Lipinski definition) is 0. The summed E-state index contributed by atoms with van der Waals surface area (Å²) in [5, 5.41) is 11.0. The van der Waals surface area contributed by atoms with Crippen molar-refractivity contribution in [2.45, 2.75) is 26.9 Å². The van der Waals surface area contributed by atoms with Gasteiger partial charge in [-0.3, -0.25) is 13.9 Å². The van der Waals surface area contributed by atoms with Gasteiger partial charge < -0.3 is 19.4 Å². The molecule has 1 atom stereocenters. The van der Waals surface area contributed by atoms with Gasteiger partial charge in [0.05, 0.1) is 12.5 Å². The normalized spacial score (nSPS) is 16.4. The van der Waals surface area contributed by atoms with Gasteiger partial charge in [-0.05, 0) is 30.5 Å². The minimum atomic E-state index is -1.49. The molecule has 0 saturated heterocycles. The molecule has 0 unspecified atom stereocenters. The Bertz CT molecular complexity index is 1220. The summed E-state index contributed by atoms with van der Waals surface area (Å²) < 4.78 is 3.67. The maximum atomic E-state index is 13.0. The monoisotopic (exact) mass is 382 g/mol. The van der Waals surface area contributed by atoms with Crippen molar-refractivity contribution in [1.82, 2.24) is 18.7 Å². The largest absolute Gasteiger partial charge is 0.548 e. The van der Waals surface area contributed by atoms with Gasteiger partial charge in [0.25, 0.3) is 5.56 Å². The first-order valence-electron chi connectivity index (χ1n) is 9.02. The Morgan fingerprint density at radius 3 is 2.71 bits per heavy atom. The molecule has 1 aliphatic heterocycles. The van der Waals surface area contributed by atoms with E-state index in [4.69, 9.17) is 0 Å². The van der Waals surface area contributed by atoms with Crippen molar-refractivity contribution in [3.05, 3.63) is 50.7 Å². The number of imidazole rings is 1. The molecule has 28 heavy (non-hydrogen) atoms. The lowest BCUT2D eigenvalue weighted by Gasteiger charge is -2.33. The zero-order valence-electron chi connectivity index (χ0n) is 15.9. The van der Waals surface area contributed by atoms with Crippen LogP contribution in [0.1, 0.15) is 12.5 Å². The number of nitrogens with zero attached hydrogens (tertiary/aromatic N) is 5. The quantitative estimate of drug-likeness (QED) is 0.618. The molecular formula is C19H20N5O4-. The molecule has 0 fully saturated rings. The third-order valence-electron chi connectivity index (χ3n) is 5.04. The molecule has 2 aromatic heterocycles. The number of aliphatic carboxylic acids is 1. The second-order valence-electron chi connectivity index (χ2n) is 7.35. The average Bonchev–Trinajstić information content (AvgIpc) is 3.02. The molecule has 0 bridgehead atoms. The van der Waals surface area contributed by atoms with Crippen molar-refractivity contribution in [3.63, 3.8) is 0 Å². The van der Waals surface area contributed by atoms with Gasteiger partial charge in [0, 0.05) is 25.8 Å². The summed E-state index contributed by atoms with van der Waals surface area (Å²) in [6, 6.07) is 7.97. The van der Waals surface area contributed by atoms with Gasteiger partial charge in [0.2, 0.25) is 5.95 Å². The maximum Gasteiger partial charge on any atom is 0.332 e. The van der Waals surface area contributed by atoms with E-state index < -0.39 is 23.8 Å². The number of aromatic nitrogens is 4. The van der Waals surface area contributed by atoms with Crippen LogP contribution in [0.3, 0.4) is 0 Å². The number of carboxylic acid groups (broad SMARTS) is 1. The van der Waals surface area contributed by atoms with Crippen molar-refractivity contribution < 1.29 is 9.90 Å². The molecule has 1 aliphatic rings. The molecule has 0 spiro atoms. The van der Waals surface area contributed by atoms with E-state index in [0.29, 0.717) is 23.6 Å². The van der Waals surface area contributed by atoms with Crippen molar-refractivity contribution in [1.29, 1.82) is 0 Å². The van der Waals surface area contributed by atoms with Crippen LogP contribution in [0.2, 0.25) is 0 Å². The van der Waals surface area contributed by atoms with Crippen LogP contribution in [0.15, 0.2) is 33.9 Å². The van der Waals surface area contributed by atoms with Crippen LogP contribution in [0.25, 0.3) is 11.2 Å². The summed E-state index contributed by atoms with van der Waals surface area (Å²) in [6.45, 7) is 4.54. The van der Waals surface area contributed by atoms with Crippen LogP contribution in [0, 0.1) is 12.8 Å². The average molecular weight is 382 g/mol. The Morgan fingerprint density at radius 1 is 1.29 bits per heavy atom. The summed E-state index contributed by atoms with van der Waals surface area (Å²) in [4.78, 5) is 43.1. The summed E-state index contributed by atoms with van der Waals surface area (Å²) in [7, 11) is 1.48. The lowest BCUT2D eigenvalue weighted by molar-refractivity contribution is -0.306. The van der Waals surface area contributed by atoms with E-state index in [1.165, 1.54) is 11.6 Å². The van der Waals surface area contributed by atoms with Gasteiger partial charge in [-0.15, -0.1) is 0 Å². The number of hydrogen-bond acceptors (Lipinski definition) is 6. The maximum absolute atomic E-state index is 13.0. The van der Waals surface area contributed by atoms with E-state index in [0.717, 1.165) is 11.3 Å². The van der Waals surface area contributed by atoms with Crippen molar-refractivity contribution in [3.8, 4) is 0 Å². The molecule has 9 nitrogen and oxygen atoms in total. The number of fused-ring (bicyclic) bond motifs is 3. The molecule has 146 valence electrons. The second kappa shape index (κ2) is 6.36. The minimum absolute atomic E-state index is 0.219. The Hall–Kier alpha value is -3.36. The second-order valence-corrected chi connectivity index (χ2v) is 7.35. The zero-order valence-corrected chi connectivity index (χ0v) is 15.9. The topological polar surface area (TPSA) is 105 Å². The highest BCUT2D eigenvalue weighted by molar-refractivity contribution is 5.77. The van der Waals surface area contributed by atoms with E-state index in [1.807, 2.05) is 36.1 Å². The van der Waals surface area contributed by atoms with Crippen LogP contribution < -0.4 is 21.3 Å². The lowest BCUT2D eigenvalue weighted by Crippen LogP contribution is -2.44. The number of rotatable bonds is 3. The third kappa shape index (κ3) is 2.70. The standard InChI is InChI=1S/C19H21N5O4/c1-11-5-4-6-13(7-11)22-8-12(2)9-23-15-16(20-18(22)23)21(3)19(28)24(17(15)27)10-14(25)26/h4-7,12H,8-10H2,1-3H3,(H,25,26)/p-1/t12-/m1/s1. The molecule has 0 saturated carbocycles. The molecule has 3 heterocycles. The highest BCUT2D eigenvalue weighted by Crippen LogP contribution is 2.33. The molecule has 9 heteroatoms. The highest BCUT2D eigenvalue weighted by atomic mass is 16.4. The first-order valence-corrected chi connectivity index (χ1v) is 9.02. The van der Waals surface area contributed by atoms with Crippen molar-refractivity contribution >= 4 is 28.8 Å². The van der Waals surface area contributed by atoms with Gasteiger partial charge in [0.1, 0.15) is 0 Å². The summed E-state index contributed by atoms with van der Waals surface area (Å²) in [5.74, 6) is -0.708. The Balaban J connectivity index is 2.02. The molecule has 3 aromatic rings. The zero-order chi connectivity index (χ0) is 20.2. The third-order valence-corrected chi connectivity index (χ3v) is 5.04. The number of carbonyl (C=O) groups is 1. The highest BCUT2D eigenvalue weighted by Gasteiger charge is 2.29. The SMILES string of the molecule is Cc1cccc(N2C[C@@H](C)Cn3c2nc2c3c(=O)n(CC(=O)[O-])c(=O)n2C)c1.